The zero-order valence-electron chi connectivity index (χ0n) is 7.62. The van der Waals surface area contributed by atoms with E-state index >= 15 is 0 Å². The van der Waals surface area contributed by atoms with E-state index in [9.17, 15) is 4.79 Å². The zero-order valence-corrected chi connectivity index (χ0v) is 7.62. The summed E-state index contributed by atoms with van der Waals surface area (Å²) < 4.78 is 6.24. The minimum atomic E-state index is -0.576. The molecule has 0 saturated heterocycles. The van der Waals surface area contributed by atoms with Gasteiger partial charge in [-0.3, -0.25) is 9.20 Å². The second kappa shape index (κ2) is 3.62. The van der Waals surface area contributed by atoms with E-state index in [1.54, 1.807) is 12.1 Å². The number of aromatic nitrogens is 2. The van der Waals surface area contributed by atoms with Crippen molar-refractivity contribution in [1.29, 1.82) is 0 Å². The van der Waals surface area contributed by atoms with Crippen LogP contribution in [0.1, 0.15) is 10.5 Å². The number of nitrogens with zero attached hydrogens (tertiary/aromatic N) is 2. The van der Waals surface area contributed by atoms with Gasteiger partial charge < -0.3 is 15.4 Å². The maximum atomic E-state index is 11.0. The van der Waals surface area contributed by atoms with Gasteiger partial charge in [0.2, 0.25) is 0 Å². The highest BCUT2D eigenvalue weighted by Gasteiger charge is 2.08. The molecule has 0 aliphatic heterocycles. The summed E-state index contributed by atoms with van der Waals surface area (Å²) in [7, 11) is 0.558. The highest BCUT2D eigenvalue weighted by Crippen LogP contribution is 2.14. The van der Waals surface area contributed by atoms with Crippen molar-refractivity contribution < 1.29 is 14.5 Å². The Morgan fingerprint density at radius 1 is 1.60 bits per heavy atom. The zero-order chi connectivity index (χ0) is 10.8. The largest absolute Gasteiger partial charge is 0.569 e. The van der Waals surface area contributed by atoms with Gasteiger partial charge in [-0.25, -0.2) is 4.98 Å². The van der Waals surface area contributed by atoms with E-state index in [4.69, 9.17) is 15.4 Å². The molecule has 2 rings (SSSR count). The van der Waals surface area contributed by atoms with Crippen molar-refractivity contribution in [3.8, 4) is 5.75 Å². The van der Waals surface area contributed by atoms with Gasteiger partial charge in [0.15, 0.2) is 0 Å². The van der Waals surface area contributed by atoms with E-state index in [1.807, 2.05) is 0 Å². The Kier molecular flexibility index (Phi) is 2.30. The molecule has 0 fully saturated rings. The van der Waals surface area contributed by atoms with Crippen LogP contribution in [0, 0.1) is 0 Å². The molecule has 2 aromatic heterocycles. The van der Waals surface area contributed by atoms with Crippen LogP contribution in [0.5, 0.6) is 5.75 Å². The highest BCUT2D eigenvalue weighted by atomic mass is 16.5. The van der Waals surface area contributed by atoms with E-state index in [-0.39, 0.29) is 5.69 Å². The molecule has 0 aliphatic carbocycles. The SMILES string of the molecule is NC(=O)c1cnc2ccc(O[B]O)cn12. The molecule has 0 unspecified atom stereocenters. The molecule has 0 aliphatic rings. The standard InChI is InChI=1S/C8H7BN3O3/c10-8(13)6-3-11-7-2-1-5(15-9-14)4-12(6)7/h1-4,14H,(H2,10,13). The lowest BCUT2D eigenvalue weighted by Gasteiger charge is -2.03. The van der Waals surface area contributed by atoms with Crippen molar-refractivity contribution in [2.75, 3.05) is 0 Å². The van der Waals surface area contributed by atoms with Crippen LogP contribution in [0.15, 0.2) is 24.5 Å². The lowest BCUT2D eigenvalue weighted by atomic mass is 10.3. The number of carbonyl (C=O) groups excluding carboxylic acids is 1. The highest BCUT2D eigenvalue weighted by molar-refractivity contribution is 6.17. The molecule has 2 heterocycles. The number of amides is 1. The number of hydrogen-bond donors (Lipinski definition) is 2. The summed E-state index contributed by atoms with van der Waals surface area (Å²) in [5, 5.41) is 8.46. The van der Waals surface area contributed by atoms with Gasteiger partial charge in [0.1, 0.15) is 17.1 Å². The Hall–Kier alpha value is -2.02. The summed E-state index contributed by atoms with van der Waals surface area (Å²) in [4.78, 5) is 15.0. The van der Waals surface area contributed by atoms with E-state index < -0.39 is 5.91 Å². The van der Waals surface area contributed by atoms with Gasteiger partial charge in [0.25, 0.3) is 5.91 Å². The van der Waals surface area contributed by atoms with Gasteiger partial charge >= 0.3 is 7.69 Å². The molecule has 15 heavy (non-hydrogen) atoms. The molecule has 1 amide bonds. The van der Waals surface area contributed by atoms with Crippen LogP contribution in [0.2, 0.25) is 0 Å². The number of nitrogens with two attached hydrogens (primary N) is 1. The summed E-state index contributed by atoms with van der Waals surface area (Å²) in [5.74, 6) is -0.196. The molecule has 3 N–H and O–H groups in total. The predicted molar refractivity (Wildman–Crippen MR) is 52.3 cm³/mol. The summed E-state index contributed by atoms with van der Waals surface area (Å²) in [6, 6.07) is 3.26. The third kappa shape index (κ3) is 1.64. The van der Waals surface area contributed by atoms with Crippen molar-refractivity contribution in [2.45, 2.75) is 0 Å². The minimum absolute atomic E-state index is 0.258. The number of carbonyl (C=O) groups is 1. The van der Waals surface area contributed by atoms with Gasteiger partial charge in [-0.1, -0.05) is 0 Å². The van der Waals surface area contributed by atoms with Crippen LogP contribution in [0.25, 0.3) is 5.65 Å². The van der Waals surface area contributed by atoms with Crippen LogP contribution in [-0.2, 0) is 0 Å². The van der Waals surface area contributed by atoms with Crippen molar-refractivity contribution in [2.24, 2.45) is 5.73 Å². The van der Waals surface area contributed by atoms with Gasteiger partial charge in [-0.05, 0) is 12.1 Å². The number of primary amides is 1. The maximum absolute atomic E-state index is 11.0. The topological polar surface area (TPSA) is 89.9 Å². The normalized spacial score (nSPS) is 10.2. The van der Waals surface area contributed by atoms with E-state index in [0.717, 1.165) is 0 Å². The van der Waals surface area contributed by atoms with Crippen molar-refractivity contribution in [3.63, 3.8) is 0 Å². The van der Waals surface area contributed by atoms with E-state index in [2.05, 4.69) is 4.98 Å². The van der Waals surface area contributed by atoms with E-state index in [0.29, 0.717) is 19.1 Å². The summed E-state index contributed by atoms with van der Waals surface area (Å²) >= 11 is 0. The molecule has 2 aromatic rings. The third-order valence-corrected chi connectivity index (χ3v) is 1.92. The van der Waals surface area contributed by atoms with Gasteiger partial charge in [-0.2, -0.15) is 0 Å². The first-order chi connectivity index (χ1) is 7.22. The molecular formula is C8H7BN3O3. The first kappa shape index (κ1) is 9.54. The quantitative estimate of drug-likeness (QED) is 0.649. The number of fused-ring (bicyclic) bond motifs is 1. The van der Waals surface area contributed by atoms with Crippen LogP contribution in [0.3, 0.4) is 0 Å². The Labute approximate surface area is 85.6 Å². The van der Waals surface area contributed by atoms with Crippen molar-refractivity contribution >= 4 is 19.2 Å². The van der Waals surface area contributed by atoms with Crippen molar-refractivity contribution in [3.05, 3.63) is 30.2 Å². The molecule has 1 radical (unpaired) electrons. The van der Waals surface area contributed by atoms with Gasteiger partial charge in [0, 0.05) is 0 Å². The third-order valence-electron chi connectivity index (χ3n) is 1.92. The fourth-order valence-electron chi connectivity index (χ4n) is 1.27. The molecule has 0 spiro atoms. The summed E-state index contributed by atoms with van der Waals surface area (Å²) in [6.07, 6.45) is 2.89. The first-order valence-electron chi connectivity index (χ1n) is 4.12. The van der Waals surface area contributed by atoms with Gasteiger partial charge in [0.05, 0.1) is 12.4 Å². The molecule has 0 aromatic carbocycles. The minimum Gasteiger partial charge on any atom is -0.536 e. The maximum Gasteiger partial charge on any atom is 0.569 e. The molecule has 0 saturated carbocycles. The van der Waals surface area contributed by atoms with Gasteiger partial charge in [-0.15, -0.1) is 0 Å². The summed E-state index contributed by atoms with van der Waals surface area (Å²) in [6.45, 7) is 0. The molecule has 6 nitrogen and oxygen atoms in total. The Morgan fingerprint density at radius 3 is 3.07 bits per heavy atom. The summed E-state index contributed by atoms with van der Waals surface area (Å²) in [5.41, 5.74) is 5.99. The average Bonchev–Trinajstić information content (AvgIpc) is 2.61. The Balaban J connectivity index is 2.56. The average molecular weight is 204 g/mol. The fourth-order valence-corrected chi connectivity index (χ4v) is 1.27. The monoisotopic (exact) mass is 204 g/mol. The van der Waals surface area contributed by atoms with Crippen LogP contribution < -0.4 is 10.4 Å². The number of rotatable bonds is 3. The molecule has 75 valence electrons. The molecule has 0 atom stereocenters. The molecule has 0 bridgehead atoms. The molecule has 7 heteroatoms. The fraction of sp³-hybridized carbons (Fsp3) is 0. The van der Waals surface area contributed by atoms with Crippen LogP contribution >= 0.6 is 0 Å². The Morgan fingerprint density at radius 2 is 2.40 bits per heavy atom. The van der Waals surface area contributed by atoms with E-state index in [1.165, 1.54) is 16.8 Å². The van der Waals surface area contributed by atoms with Crippen molar-refractivity contribution in [1.82, 2.24) is 9.38 Å². The second-order valence-corrected chi connectivity index (χ2v) is 2.82. The predicted octanol–water partition coefficient (Wildman–Crippen LogP) is -0.662. The second-order valence-electron chi connectivity index (χ2n) is 2.82. The molecular weight excluding hydrogens is 197 g/mol. The van der Waals surface area contributed by atoms with Crippen LogP contribution in [-0.4, -0.2) is 28.0 Å². The number of imidazole rings is 1. The first-order valence-corrected chi connectivity index (χ1v) is 4.12. The number of pyridine rings is 1. The smallest absolute Gasteiger partial charge is 0.536 e. The lowest BCUT2D eigenvalue weighted by molar-refractivity contribution is 0.0995. The number of hydrogen-bond acceptors (Lipinski definition) is 4. The van der Waals surface area contributed by atoms with Crippen LogP contribution in [0.4, 0.5) is 0 Å². The lowest BCUT2D eigenvalue weighted by Crippen LogP contribution is -2.13. The Bertz CT molecular complexity index is 511.